The van der Waals surface area contributed by atoms with Crippen LogP contribution >= 0.6 is 11.6 Å². The van der Waals surface area contributed by atoms with Crippen molar-refractivity contribution in [3.8, 4) is 0 Å². The fourth-order valence-electron chi connectivity index (χ4n) is 4.01. The third kappa shape index (κ3) is 5.48. The Balaban J connectivity index is 1.39. The summed E-state index contributed by atoms with van der Waals surface area (Å²) in [7, 11) is 0. The smallest absolute Gasteiger partial charge is 0.321 e. The lowest BCUT2D eigenvalue weighted by Crippen LogP contribution is -2.41. The van der Waals surface area contributed by atoms with Crippen molar-refractivity contribution in [3.63, 3.8) is 0 Å². The number of anilines is 1. The third-order valence-corrected chi connectivity index (χ3v) is 6.12. The van der Waals surface area contributed by atoms with Crippen LogP contribution in [0, 0.1) is 0 Å². The molecule has 0 bridgehead atoms. The average molecular weight is 448 g/mol. The monoisotopic (exact) mass is 447 g/mol. The molecule has 1 aliphatic heterocycles. The first-order chi connectivity index (χ1) is 15.6. The van der Waals surface area contributed by atoms with Gasteiger partial charge < -0.3 is 15.5 Å². The number of rotatable bonds is 5. The number of piperidine rings is 1. The van der Waals surface area contributed by atoms with Gasteiger partial charge in [0.25, 0.3) is 5.91 Å². The van der Waals surface area contributed by atoms with E-state index in [1.54, 1.807) is 0 Å². The first kappa shape index (κ1) is 21.9. The van der Waals surface area contributed by atoms with E-state index in [9.17, 15) is 9.59 Å². The summed E-state index contributed by atoms with van der Waals surface area (Å²) in [6.45, 7) is 1.73. The van der Waals surface area contributed by atoms with Gasteiger partial charge in [-0.15, -0.1) is 0 Å². The Morgan fingerprint density at radius 3 is 2.56 bits per heavy atom. The Morgan fingerprint density at radius 2 is 1.75 bits per heavy atom. The van der Waals surface area contributed by atoms with Gasteiger partial charge in [0.05, 0.1) is 0 Å². The van der Waals surface area contributed by atoms with E-state index in [4.69, 9.17) is 11.6 Å². The van der Waals surface area contributed by atoms with E-state index in [1.807, 2.05) is 83.8 Å². The molecule has 1 saturated heterocycles. The minimum absolute atomic E-state index is 0.0884. The highest BCUT2D eigenvalue weighted by molar-refractivity contribution is 6.31. The van der Waals surface area contributed by atoms with Gasteiger partial charge in [-0.2, -0.15) is 0 Å². The second-order valence-corrected chi connectivity index (χ2v) is 8.39. The van der Waals surface area contributed by atoms with Crippen LogP contribution in [-0.4, -0.2) is 29.9 Å². The summed E-state index contributed by atoms with van der Waals surface area (Å²) in [5.74, 6) is 0.0582. The molecule has 5 nitrogen and oxygen atoms in total. The first-order valence-electron chi connectivity index (χ1n) is 10.8. The first-order valence-corrected chi connectivity index (χ1v) is 11.2. The van der Waals surface area contributed by atoms with Gasteiger partial charge in [0, 0.05) is 41.8 Å². The quantitative estimate of drug-likeness (QED) is 0.528. The number of likely N-dealkylation sites (tertiary alicyclic amines) is 1. The number of carbonyl (C=O) groups is 2. The number of hydrogen-bond donors (Lipinski definition) is 2. The van der Waals surface area contributed by atoms with Crippen molar-refractivity contribution in [3.05, 3.63) is 101 Å². The Hall–Kier alpha value is -3.31. The Bertz CT molecular complexity index is 1090. The van der Waals surface area contributed by atoms with Crippen LogP contribution < -0.4 is 10.6 Å². The van der Waals surface area contributed by atoms with Gasteiger partial charge in [0.15, 0.2) is 0 Å². The maximum absolute atomic E-state index is 12.7. The number of nitrogens with zero attached hydrogens (tertiary/aromatic N) is 1. The Labute approximate surface area is 193 Å². The number of hydrogen-bond acceptors (Lipinski definition) is 2. The summed E-state index contributed by atoms with van der Waals surface area (Å²) in [6, 6.07) is 24.6. The van der Waals surface area contributed by atoms with Crippen LogP contribution in [0.15, 0.2) is 78.9 Å². The SMILES string of the molecule is O=C(NCc1ccccc1Cl)c1cccc([C@@H]2CCCN(C(=O)Nc3ccccc3)C2)c1. The molecule has 6 heteroatoms. The van der Waals surface area contributed by atoms with Crippen LogP contribution in [0.4, 0.5) is 10.5 Å². The molecule has 1 aliphatic rings. The zero-order valence-electron chi connectivity index (χ0n) is 17.8. The standard InChI is InChI=1S/C26H26ClN3O2/c27-24-14-5-4-8-21(24)17-28-25(31)20-10-6-9-19(16-20)22-11-7-15-30(18-22)26(32)29-23-12-2-1-3-13-23/h1-6,8-10,12-14,16,22H,7,11,15,17-18H2,(H,28,31)(H,29,32)/t22-/m1/s1. The molecule has 0 unspecified atom stereocenters. The molecule has 4 rings (SSSR count). The topological polar surface area (TPSA) is 61.4 Å². The summed E-state index contributed by atoms with van der Waals surface area (Å²) < 4.78 is 0. The van der Waals surface area contributed by atoms with E-state index >= 15 is 0 Å². The molecule has 3 aromatic rings. The van der Waals surface area contributed by atoms with Gasteiger partial charge in [0.1, 0.15) is 0 Å². The second-order valence-electron chi connectivity index (χ2n) is 7.98. The molecule has 1 heterocycles. The fraction of sp³-hybridized carbons (Fsp3) is 0.231. The van der Waals surface area contributed by atoms with Crippen molar-refractivity contribution in [1.29, 1.82) is 0 Å². The van der Waals surface area contributed by atoms with Gasteiger partial charge in [-0.05, 0) is 54.3 Å². The zero-order chi connectivity index (χ0) is 22.3. The maximum Gasteiger partial charge on any atom is 0.321 e. The molecule has 3 aromatic carbocycles. The summed E-state index contributed by atoms with van der Waals surface area (Å²) >= 11 is 6.18. The lowest BCUT2D eigenvalue weighted by molar-refractivity contribution is 0.0950. The van der Waals surface area contributed by atoms with Crippen molar-refractivity contribution < 1.29 is 9.59 Å². The number of benzene rings is 3. The van der Waals surface area contributed by atoms with Gasteiger partial charge in [-0.1, -0.05) is 60.1 Å². The summed E-state index contributed by atoms with van der Waals surface area (Å²) in [4.78, 5) is 27.3. The molecule has 0 spiro atoms. The number of amides is 3. The van der Waals surface area contributed by atoms with Gasteiger partial charge >= 0.3 is 6.03 Å². The summed E-state index contributed by atoms with van der Waals surface area (Å²) in [5.41, 5.74) is 3.36. The number of nitrogens with one attached hydrogen (secondary N) is 2. The predicted octanol–water partition coefficient (Wildman–Crippen LogP) is 5.68. The van der Waals surface area contributed by atoms with Gasteiger partial charge in [-0.25, -0.2) is 4.79 Å². The maximum atomic E-state index is 12.7. The molecular formula is C26H26ClN3O2. The molecule has 2 N–H and O–H groups in total. The molecule has 1 atom stereocenters. The highest BCUT2D eigenvalue weighted by Gasteiger charge is 2.25. The molecule has 0 saturated carbocycles. The number of para-hydroxylation sites is 1. The van der Waals surface area contributed by atoms with E-state index < -0.39 is 0 Å². The molecule has 0 radical (unpaired) electrons. The molecule has 0 aromatic heterocycles. The Morgan fingerprint density at radius 1 is 0.969 bits per heavy atom. The van der Waals surface area contributed by atoms with Gasteiger partial charge in [-0.3, -0.25) is 4.79 Å². The normalized spacial score (nSPS) is 15.8. The van der Waals surface area contributed by atoms with E-state index in [2.05, 4.69) is 10.6 Å². The van der Waals surface area contributed by atoms with Crippen molar-refractivity contribution in [2.24, 2.45) is 0 Å². The predicted molar refractivity (Wildman–Crippen MR) is 128 cm³/mol. The van der Waals surface area contributed by atoms with E-state index in [1.165, 1.54) is 0 Å². The summed E-state index contributed by atoms with van der Waals surface area (Å²) in [6.07, 6.45) is 1.91. The third-order valence-electron chi connectivity index (χ3n) is 5.75. The van der Waals surface area contributed by atoms with Crippen LogP contribution in [0.5, 0.6) is 0 Å². The van der Waals surface area contributed by atoms with E-state index in [-0.39, 0.29) is 17.9 Å². The van der Waals surface area contributed by atoms with Crippen molar-refractivity contribution in [2.75, 3.05) is 18.4 Å². The molecule has 0 aliphatic carbocycles. The van der Waals surface area contributed by atoms with Crippen LogP contribution in [-0.2, 0) is 6.54 Å². The lowest BCUT2D eigenvalue weighted by atomic mass is 9.89. The van der Waals surface area contributed by atoms with Crippen molar-refractivity contribution >= 4 is 29.2 Å². The number of carbonyl (C=O) groups excluding carboxylic acids is 2. The minimum Gasteiger partial charge on any atom is -0.348 e. The largest absolute Gasteiger partial charge is 0.348 e. The highest BCUT2D eigenvalue weighted by Crippen LogP contribution is 2.28. The van der Waals surface area contributed by atoms with Crippen LogP contribution in [0.25, 0.3) is 0 Å². The zero-order valence-corrected chi connectivity index (χ0v) is 18.5. The fourth-order valence-corrected chi connectivity index (χ4v) is 4.21. The number of halogens is 1. The van der Waals surface area contributed by atoms with Crippen LogP contribution in [0.2, 0.25) is 5.02 Å². The lowest BCUT2D eigenvalue weighted by Gasteiger charge is -2.33. The molecule has 164 valence electrons. The van der Waals surface area contributed by atoms with Crippen LogP contribution in [0.1, 0.15) is 40.2 Å². The van der Waals surface area contributed by atoms with E-state index in [0.29, 0.717) is 23.7 Å². The van der Waals surface area contributed by atoms with Gasteiger partial charge in [0.2, 0.25) is 0 Å². The highest BCUT2D eigenvalue weighted by atomic mass is 35.5. The molecule has 1 fully saturated rings. The summed E-state index contributed by atoms with van der Waals surface area (Å²) in [5, 5.41) is 6.54. The second kappa shape index (κ2) is 10.3. The molecule has 3 amide bonds. The van der Waals surface area contributed by atoms with Crippen molar-refractivity contribution in [2.45, 2.75) is 25.3 Å². The molecule has 32 heavy (non-hydrogen) atoms. The minimum atomic E-state index is -0.138. The van der Waals surface area contributed by atoms with Crippen LogP contribution in [0.3, 0.4) is 0 Å². The van der Waals surface area contributed by atoms with Crippen molar-refractivity contribution in [1.82, 2.24) is 10.2 Å². The number of urea groups is 1. The molecular weight excluding hydrogens is 422 g/mol. The Kier molecular flexibility index (Phi) is 7.07. The van der Waals surface area contributed by atoms with E-state index in [0.717, 1.165) is 36.2 Å². The average Bonchev–Trinajstić information content (AvgIpc) is 2.84.